The molecule has 0 unspecified atom stereocenters. The van der Waals surface area contributed by atoms with E-state index in [-0.39, 0.29) is 11.5 Å². The molecule has 1 aromatic carbocycles. The van der Waals surface area contributed by atoms with Crippen LogP contribution in [0.3, 0.4) is 0 Å². The first-order valence-corrected chi connectivity index (χ1v) is 4.32. The predicted molar refractivity (Wildman–Crippen MR) is 53.6 cm³/mol. The Labute approximate surface area is 86.8 Å². The third-order valence-electron chi connectivity index (χ3n) is 1.67. The average Bonchev–Trinajstić information content (AvgIpc) is 2.17. The monoisotopic (exact) mass is 210 g/mol. The molecule has 2 nitrogen and oxygen atoms in total. The largest absolute Gasteiger partial charge is 0.796 e. The lowest BCUT2D eigenvalue weighted by atomic mass is 10.1. The minimum absolute atomic E-state index is 0.0983. The number of halogens is 2. The van der Waals surface area contributed by atoms with Crippen LogP contribution in [0.15, 0.2) is 42.2 Å². The highest BCUT2D eigenvalue weighted by Crippen LogP contribution is 2.06. The molecule has 0 radical (unpaired) electrons. The molecule has 0 heterocycles. The summed E-state index contributed by atoms with van der Waals surface area (Å²) in [6.07, 6.45) is 1.04. The highest BCUT2D eigenvalue weighted by molar-refractivity contribution is 6.34. The van der Waals surface area contributed by atoms with Crippen LogP contribution in [-0.4, -0.2) is 13.3 Å². The van der Waals surface area contributed by atoms with Crippen LogP contribution < -0.4 is 0 Å². The Kier molecular flexibility index (Phi) is 4.03. The van der Waals surface area contributed by atoms with Crippen molar-refractivity contribution < 1.29 is 18.1 Å². The van der Waals surface area contributed by atoms with E-state index in [0.29, 0.717) is 5.56 Å². The zero-order valence-electron chi connectivity index (χ0n) is 8.11. The molecule has 0 aliphatic carbocycles. The molecule has 78 valence electrons. The fourth-order valence-corrected chi connectivity index (χ4v) is 1.04. The first-order chi connectivity index (χ1) is 7.09. The summed E-state index contributed by atoms with van der Waals surface area (Å²) in [5.41, 5.74) is 0.440. The van der Waals surface area contributed by atoms with Gasteiger partial charge in [0.15, 0.2) is 5.78 Å². The predicted octanol–water partition coefficient (Wildman–Crippen LogP) is 2.71. The van der Waals surface area contributed by atoms with Crippen LogP contribution >= 0.6 is 0 Å². The van der Waals surface area contributed by atoms with Crippen LogP contribution in [0.1, 0.15) is 17.3 Å². The lowest BCUT2D eigenvalue weighted by molar-refractivity contribution is 0.104. The molecule has 0 saturated carbocycles. The lowest BCUT2D eigenvalue weighted by Gasteiger charge is -2.01. The summed E-state index contributed by atoms with van der Waals surface area (Å²) < 4.78 is 27.6. The van der Waals surface area contributed by atoms with Crippen molar-refractivity contribution in [2.75, 3.05) is 0 Å². The van der Waals surface area contributed by atoms with Crippen molar-refractivity contribution in [2.45, 2.75) is 6.92 Å². The van der Waals surface area contributed by atoms with Crippen molar-refractivity contribution in [1.29, 1.82) is 0 Å². The van der Waals surface area contributed by atoms with Crippen LogP contribution in [0.2, 0.25) is 0 Å². The van der Waals surface area contributed by atoms with E-state index < -0.39 is 7.47 Å². The summed E-state index contributed by atoms with van der Waals surface area (Å²) in [5, 5.41) is 0. The molecule has 0 fully saturated rings. The van der Waals surface area contributed by atoms with Crippen LogP contribution in [0.5, 0.6) is 0 Å². The molecule has 0 atom stereocenters. The summed E-state index contributed by atoms with van der Waals surface area (Å²) >= 11 is 0. The fraction of sp³-hybridized carbons (Fsp3) is 0.100. The first kappa shape index (κ1) is 11.4. The molecule has 1 aromatic rings. The smallest absolute Gasteiger partial charge is 0.509 e. The molecule has 0 spiro atoms. The zero-order chi connectivity index (χ0) is 11.3. The molecule has 1 rings (SSSR count). The Morgan fingerprint density at radius 3 is 2.47 bits per heavy atom. The molecule has 0 amide bonds. The number of carbonyl (C=O) groups excluding carboxylic acids is 1. The van der Waals surface area contributed by atoms with Gasteiger partial charge in [-0.1, -0.05) is 30.3 Å². The number of hydrogen-bond acceptors (Lipinski definition) is 2. The van der Waals surface area contributed by atoms with E-state index in [0.717, 1.165) is 6.08 Å². The van der Waals surface area contributed by atoms with Gasteiger partial charge in [0.2, 0.25) is 0 Å². The number of benzene rings is 1. The van der Waals surface area contributed by atoms with Gasteiger partial charge in [0.05, 0.1) is 5.76 Å². The number of carbonyl (C=O) groups is 1. The van der Waals surface area contributed by atoms with E-state index in [4.69, 9.17) is 0 Å². The van der Waals surface area contributed by atoms with Crippen molar-refractivity contribution in [3.8, 4) is 0 Å². The maximum absolute atomic E-state index is 11.8. The number of allylic oxidation sites excluding steroid dienone is 2. The third-order valence-corrected chi connectivity index (χ3v) is 1.67. The zero-order valence-corrected chi connectivity index (χ0v) is 8.11. The average molecular weight is 210 g/mol. The van der Waals surface area contributed by atoms with Gasteiger partial charge in [0, 0.05) is 11.6 Å². The van der Waals surface area contributed by atoms with E-state index >= 15 is 0 Å². The lowest BCUT2D eigenvalue weighted by Crippen LogP contribution is -2.04. The van der Waals surface area contributed by atoms with Crippen molar-refractivity contribution in [3.05, 3.63) is 47.7 Å². The summed E-state index contributed by atoms with van der Waals surface area (Å²) in [7, 11) is -2.90. The third kappa shape index (κ3) is 3.93. The maximum atomic E-state index is 11.8. The molecule has 0 saturated heterocycles. The summed E-state index contributed by atoms with van der Waals surface area (Å²) in [6, 6.07) is 8.38. The highest BCUT2D eigenvalue weighted by atomic mass is 19.2. The summed E-state index contributed by atoms with van der Waals surface area (Å²) in [4.78, 5) is 11.4. The van der Waals surface area contributed by atoms with E-state index in [9.17, 15) is 13.4 Å². The molecule has 0 bridgehead atoms. The van der Waals surface area contributed by atoms with Gasteiger partial charge < -0.3 is 4.65 Å². The Hall–Kier alpha value is -1.65. The highest BCUT2D eigenvalue weighted by Gasteiger charge is 2.17. The van der Waals surface area contributed by atoms with Gasteiger partial charge >= 0.3 is 7.47 Å². The fourth-order valence-electron chi connectivity index (χ4n) is 1.04. The van der Waals surface area contributed by atoms with Crippen LogP contribution in [0, 0.1) is 0 Å². The first-order valence-electron chi connectivity index (χ1n) is 4.32. The minimum Gasteiger partial charge on any atom is -0.509 e. The molecular weight excluding hydrogens is 201 g/mol. The van der Waals surface area contributed by atoms with E-state index in [1.807, 2.05) is 0 Å². The number of hydrogen-bond donors (Lipinski definition) is 0. The molecular formula is C10H9BF2O2. The van der Waals surface area contributed by atoms with Gasteiger partial charge in [-0.15, -0.1) is 0 Å². The molecule has 5 heteroatoms. The molecule has 0 aromatic heterocycles. The van der Waals surface area contributed by atoms with Gasteiger partial charge in [-0.2, -0.15) is 0 Å². The molecule has 0 N–H and O–H groups in total. The second-order valence-electron chi connectivity index (χ2n) is 2.86. The SMILES string of the molecule is CC(=CC(=O)c1ccccc1)OB(F)F. The number of rotatable bonds is 4. The Balaban J connectivity index is 2.71. The standard InChI is InChI=1S/C10H9BF2O2/c1-8(15-11(12)13)7-10(14)9-5-3-2-4-6-9/h2-7H,1H3. The normalized spacial score (nSPS) is 11.0. The Bertz CT molecular complexity index is 363. The van der Waals surface area contributed by atoms with Gasteiger partial charge in [0.1, 0.15) is 0 Å². The van der Waals surface area contributed by atoms with E-state index in [2.05, 4.69) is 4.65 Å². The van der Waals surface area contributed by atoms with Crippen molar-refractivity contribution >= 4 is 13.3 Å². The van der Waals surface area contributed by atoms with Gasteiger partial charge in [-0.25, -0.2) is 8.63 Å². The molecule has 15 heavy (non-hydrogen) atoms. The second kappa shape index (κ2) is 5.29. The quantitative estimate of drug-likeness (QED) is 0.330. The van der Waals surface area contributed by atoms with Crippen molar-refractivity contribution in [1.82, 2.24) is 0 Å². The number of ketones is 1. The maximum Gasteiger partial charge on any atom is 0.796 e. The van der Waals surface area contributed by atoms with Crippen molar-refractivity contribution in [3.63, 3.8) is 0 Å². The molecule has 0 aliphatic rings. The van der Waals surface area contributed by atoms with Gasteiger partial charge in [-0.05, 0) is 6.92 Å². The summed E-state index contributed by atoms with van der Waals surface area (Å²) in [6.45, 7) is 1.31. The van der Waals surface area contributed by atoms with E-state index in [1.165, 1.54) is 6.92 Å². The topological polar surface area (TPSA) is 26.3 Å². The Morgan fingerprint density at radius 2 is 1.93 bits per heavy atom. The van der Waals surface area contributed by atoms with Gasteiger partial charge in [0.25, 0.3) is 0 Å². The van der Waals surface area contributed by atoms with Crippen LogP contribution in [0.4, 0.5) is 8.63 Å². The van der Waals surface area contributed by atoms with Crippen molar-refractivity contribution in [2.24, 2.45) is 0 Å². The molecule has 0 aliphatic heterocycles. The van der Waals surface area contributed by atoms with E-state index in [1.54, 1.807) is 30.3 Å². The van der Waals surface area contributed by atoms with Crippen LogP contribution in [-0.2, 0) is 4.65 Å². The van der Waals surface area contributed by atoms with Crippen LogP contribution in [0.25, 0.3) is 0 Å². The summed E-state index contributed by atoms with van der Waals surface area (Å²) in [5.74, 6) is -0.451. The second-order valence-corrected chi connectivity index (χ2v) is 2.86. The Morgan fingerprint density at radius 1 is 1.33 bits per heavy atom. The van der Waals surface area contributed by atoms with Gasteiger partial charge in [-0.3, -0.25) is 4.79 Å². The minimum atomic E-state index is -2.90.